The highest BCUT2D eigenvalue weighted by atomic mass is 16.2. The molecule has 1 aromatic carbocycles. The van der Waals surface area contributed by atoms with Crippen molar-refractivity contribution in [2.75, 3.05) is 5.32 Å². The topological polar surface area (TPSA) is 41.1 Å². The first kappa shape index (κ1) is 12.6. The van der Waals surface area contributed by atoms with Gasteiger partial charge in [-0.05, 0) is 45.7 Å². The van der Waals surface area contributed by atoms with Crippen LogP contribution in [0.3, 0.4) is 0 Å². The molecular formula is C13H20N2O. The first-order chi connectivity index (χ1) is 7.40. The lowest BCUT2D eigenvalue weighted by atomic mass is 10.1. The predicted molar refractivity (Wildman–Crippen MR) is 67.9 cm³/mol. The van der Waals surface area contributed by atoms with E-state index in [9.17, 15) is 4.79 Å². The fourth-order valence-corrected chi connectivity index (χ4v) is 1.79. The highest BCUT2D eigenvalue weighted by molar-refractivity contribution is 5.91. The lowest BCUT2D eigenvalue weighted by Crippen LogP contribution is -2.34. The maximum absolute atomic E-state index is 11.6. The van der Waals surface area contributed by atoms with Gasteiger partial charge in [0.1, 0.15) is 0 Å². The molecule has 16 heavy (non-hydrogen) atoms. The quantitative estimate of drug-likeness (QED) is 0.789. The van der Waals surface area contributed by atoms with E-state index in [0.29, 0.717) is 0 Å². The minimum absolute atomic E-state index is 0.145. The van der Waals surface area contributed by atoms with Crippen LogP contribution in [0.4, 0.5) is 10.5 Å². The summed E-state index contributed by atoms with van der Waals surface area (Å²) in [7, 11) is 0. The second-order valence-electron chi connectivity index (χ2n) is 4.53. The van der Waals surface area contributed by atoms with Crippen LogP contribution in [0.5, 0.6) is 0 Å². The van der Waals surface area contributed by atoms with Gasteiger partial charge in [-0.2, -0.15) is 0 Å². The van der Waals surface area contributed by atoms with Crippen LogP contribution in [0.25, 0.3) is 0 Å². The van der Waals surface area contributed by atoms with Gasteiger partial charge in [-0.1, -0.05) is 17.7 Å². The molecule has 88 valence electrons. The molecule has 2 amide bonds. The first-order valence-electron chi connectivity index (χ1n) is 5.55. The van der Waals surface area contributed by atoms with Crippen molar-refractivity contribution in [3.63, 3.8) is 0 Å². The molecule has 0 unspecified atom stereocenters. The summed E-state index contributed by atoms with van der Waals surface area (Å²) in [6, 6.07) is 4.13. The third-order valence-electron chi connectivity index (χ3n) is 2.34. The average molecular weight is 220 g/mol. The van der Waals surface area contributed by atoms with E-state index in [2.05, 4.69) is 29.7 Å². The number of rotatable bonds is 2. The third kappa shape index (κ3) is 3.26. The Labute approximate surface area is 97.2 Å². The maximum Gasteiger partial charge on any atom is 0.319 e. The van der Waals surface area contributed by atoms with E-state index in [1.54, 1.807) is 0 Å². The number of benzene rings is 1. The molecule has 0 aliphatic rings. The van der Waals surface area contributed by atoms with Crippen molar-refractivity contribution in [2.45, 2.75) is 40.7 Å². The van der Waals surface area contributed by atoms with Crippen molar-refractivity contribution in [1.82, 2.24) is 5.32 Å². The number of nitrogens with one attached hydrogen (secondary N) is 2. The predicted octanol–water partition coefficient (Wildman–Crippen LogP) is 3.14. The maximum atomic E-state index is 11.6. The largest absolute Gasteiger partial charge is 0.336 e. The normalized spacial score (nSPS) is 10.4. The number of amides is 2. The Morgan fingerprint density at radius 2 is 1.62 bits per heavy atom. The van der Waals surface area contributed by atoms with Crippen LogP contribution in [0.15, 0.2) is 12.1 Å². The van der Waals surface area contributed by atoms with Gasteiger partial charge in [-0.15, -0.1) is 0 Å². The summed E-state index contributed by atoms with van der Waals surface area (Å²) in [6.07, 6.45) is 0. The van der Waals surface area contributed by atoms with Gasteiger partial charge >= 0.3 is 6.03 Å². The summed E-state index contributed by atoms with van der Waals surface area (Å²) in [5.41, 5.74) is 4.31. The first-order valence-corrected chi connectivity index (χ1v) is 5.55. The van der Waals surface area contributed by atoms with Gasteiger partial charge in [-0.3, -0.25) is 0 Å². The van der Waals surface area contributed by atoms with Crippen LogP contribution in [-0.4, -0.2) is 12.1 Å². The molecule has 0 saturated heterocycles. The molecule has 2 N–H and O–H groups in total. The fourth-order valence-electron chi connectivity index (χ4n) is 1.79. The Hall–Kier alpha value is -1.51. The van der Waals surface area contributed by atoms with Gasteiger partial charge in [-0.25, -0.2) is 4.79 Å². The minimum Gasteiger partial charge on any atom is -0.336 e. The summed E-state index contributed by atoms with van der Waals surface area (Å²) >= 11 is 0. The Bertz CT molecular complexity index is 374. The number of aryl methyl sites for hydroxylation is 3. The molecule has 1 rings (SSSR count). The van der Waals surface area contributed by atoms with Gasteiger partial charge in [0.2, 0.25) is 0 Å². The van der Waals surface area contributed by atoms with E-state index in [4.69, 9.17) is 0 Å². The average Bonchev–Trinajstić information content (AvgIpc) is 2.09. The second-order valence-corrected chi connectivity index (χ2v) is 4.53. The molecule has 3 nitrogen and oxygen atoms in total. The standard InChI is InChI=1S/C13H20N2O/c1-8(2)14-13(16)15-12-10(4)6-9(3)7-11(12)5/h6-8H,1-5H3,(H2,14,15,16). The van der Waals surface area contributed by atoms with Crippen LogP contribution in [0.1, 0.15) is 30.5 Å². The van der Waals surface area contributed by atoms with Crippen LogP contribution in [-0.2, 0) is 0 Å². The van der Waals surface area contributed by atoms with Gasteiger partial charge in [0, 0.05) is 11.7 Å². The number of hydrogen-bond acceptors (Lipinski definition) is 1. The van der Waals surface area contributed by atoms with E-state index < -0.39 is 0 Å². The van der Waals surface area contributed by atoms with Crippen molar-refractivity contribution in [2.24, 2.45) is 0 Å². The molecule has 0 aromatic heterocycles. The number of urea groups is 1. The molecule has 0 aliphatic heterocycles. The number of carbonyl (C=O) groups excluding carboxylic acids is 1. The van der Waals surface area contributed by atoms with Crippen LogP contribution in [0.2, 0.25) is 0 Å². The molecule has 0 spiro atoms. The lowest BCUT2D eigenvalue weighted by Gasteiger charge is -2.14. The van der Waals surface area contributed by atoms with E-state index in [1.165, 1.54) is 5.56 Å². The molecule has 0 fully saturated rings. The summed E-state index contributed by atoms with van der Waals surface area (Å²) < 4.78 is 0. The molecule has 0 aliphatic carbocycles. The molecule has 0 atom stereocenters. The fraction of sp³-hybridized carbons (Fsp3) is 0.462. The van der Waals surface area contributed by atoms with E-state index in [1.807, 2.05) is 27.7 Å². The Morgan fingerprint density at radius 1 is 1.12 bits per heavy atom. The number of carbonyl (C=O) groups is 1. The molecule has 3 heteroatoms. The lowest BCUT2D eigenvalue weighted by molar-refractivity contribution is 0.250. The van der Waals surface area contributed by atoms with E-state index >= 15 is 0 Å². The van der Waals surface area contributed by atoms with Gasteiger partial charge in [0.05, 0.1) is 0 Å². The number of hydrogen-bond donors (Lipinski definition) is 2. The molecule has 0 bridgehead atoms. The zero-order valence-electron chi connectivity index (χ0n) is 10.6. The molecule has 1 aromatic rings. The number of anilines is 1. The zero-order chi connectivity index (χ0) is 12.3. The Balaban J connectivity index is 2.85. The monoisotopic (exact) mass is 220 g/mol. The highest BCUT2D eigenvalue weighted by Crippen LogP contribution is 2.21. The van der Waals surface area contributed by atoms with Crippen LogP contribution < -0.4 is 10.6 Å². The van der Waals surface area contributed by atoms with Gasteiger partial charge in [0.25, 0.3) is 0 Å². The molecular weight excluding hydrogens is 200 g/mol. The summed E-state index contributed by atoms with van der Waals surface area (Å²) in [4.78, 5) is 11.6. The third-order valence-corrected chi connectivity index (χ3v) is 2.34. The van der Waals surface area contributed by atoms with Crippen molar-refractivity contribution in [1.29, 1.82) is 0 Å². The summed E-state index contributed by atoms with van der Waals surface area (Å²) in [5.74, 6) is 0. The highest BCUT2D eigenvalue weighted by Gasteiger charge is 2.08. The summed E-state index contributed by atoms with van der Waals surface area (Å²) in [5, 5.41) is 5.70. The van der Waals surface area contributed by atoms with Crippen LogP contribution >= 0.6 is 0 Å². The second kappa shape index (κ2) is 5.01. The van der Waals surface area contributed by atoms with E-state index in [-0.39, 0.29) is 12.1 Å². The Morgan fingerprint density at radius 3 is 2.06 bits per heavy atom. The van der Waals surface area contributed by atoms with Crippen molar-refractivity contribution < 1.29 is 4.79 Å². The van der Waals surface area contributed by atoms with Gasteiger partial charge < -0.3 is 10.6 Å². The molecule has 0 heterocycles. The van der Waals surface area contributed by atoms with Crippen LogP contribution in [0, 0.1) is 20.8 Å². The minimum atomic E-state index is -0.148. The smallest absolute Gasteiger partial charge is 0.319 e. The zero-order valence-corrected chi connectivity index (χ0v) is 10.6. The Kier molecular flexibility index (Phi) is 3.93. The van der Waals surface area contributed by atoms with Crippen molar-refractivity contribution >= 4 is 11.7 Å². The van der Waals surface area contributed by atoms with Crippen molar-refractivity contribution in [3.05, 3.63) is 28.8 Å². The molecule has 0 radical (unpaired) electrons. The van der Waals surface area contributed by atoms with E-state index in [0.717, 1.165) is 16.8 Å². The molecule has 0 saturated carbocycles. The van der Waals surface area contributed by atoms with Crippen molar-refractivity contribution in [3.8, 4) is 0 Å². The van der Waals surface area contributed by atoms with Gasteiger partial charge in [0.15, 0.2) is 0 Å². The summed E-state index contributed by atoms with van der Waals surface area (Å²) in [6.45, 7) is 9.94. The SMILES string of the molecule is Cc1cc(C)c(NC(=O)NC(C)C)c(C)c1.